The molecule has 0 aliphatic rings. The number of ether oxygens (including phenoxy) is 1. The molecular formula is C18H17ClFNO5S. The molecule has 1 atom stereocenters. The van der Waals surface area contributed by atoms with Gasteiger partial charge in [-0.2, -0.15) is 0 Å². The largest absolute Gasteiger partial charge is 0.449 e. The summed E-state index contributed by atoms with van der Waals surface area (Å²) in [5.41, 5.74) is 0.897. The Morgan fingerprint density at radius 1 is 1.19 bits per heavy atom. The van der Waals surface area contributed by atoms with Crippen LogP contribution in [0.5, 0.6) is 0 Å². The van der Waals surface area contributed by atoms with Gasteiger partial charge in [-0.05, 0) is 42.8 Å². The minimum absolute atomic E-state index is 0.0170. The lowest BCUT2D eigenvalue weighted by molar-refractivity contribution is -0.123. The summed E-state index contributed by atoms with van der Waals surface area (Å²) >= 11 is 5.84. The minimum atomic E-state index is -3.18. The number of rotatable bonds is 6. The van der Waals surface area contributed by atoms with Crippen molar-refractivity contribution in [3.05, 3.63) is 64.4 Å². The van der Waals surface area contributed by atoms with E-state index in [1.54, 1.807) is 0 Å². The van der Waals surface area contributed by atoms with Gasteiger partial charge >= 0.3 is 5.97 Å². The Morgan fingerprint density at radius 2 is 1.81 bits per heavy atom. The van der Waals surface area contributed by atoms with E-state index in [2.05, 4.69) is 5.32 Å². The van der Waals surface area contributed by atoms with Gasteiger partial charge in [0.2, 0.25) is 0 Å². The van der Waals surface area contributed by atoms with Crippen LogP contribution in [0.3, 0.4) is 0 Å². The zero-order chi connectivity index (χ0) is 20.2. The van der Waals surface area contributed by atoms with Gasteiger partial charge in [0.1, 0.15) is 5.82 Å². The molecule has 0 fully saturated rings. The van der Waals surface area contributed by atoms with Crippen molar-refractivity contribution in [2.75, 3.05) is 11.6 Å². The van der Waals surface area contributed by atoms with E-state index in [-0.39, 0.29) is 22.0 Å². The molecule has 0 bridgehead atoms. The zero-order valence-corrected chi connectivity index (χ0v) is 16.1. The van der Waals surface area contributed by atoms with E-state index >= 15 is 0 Å². The predicted molar refractivity (Wildman–Crippen MR) is 99.9 cm³/mol. The first kappa shape index (κ1) is 20.9. The second-order valence-electron chi connectivity index (χ2n) is 5.93. The van der Waals surface area contributed by atoms with Crippen LogP contribution >= 0.6 is 11.6 Å². The Labute approximate surface area is 161 Å². The van der Waals surface area contributed by atoms with E-state index in [1.165, 1.54) is 37.3 Å². The van der Waals surface area contributed by atoms with Gasteiger partial charge in [0.25, 0.3) is 5.91 Å². The van der Waals surface area contributed by atoms with Crippen molar-refractivity contribution in [1.82, 2.24) is 0 Å². The van der Waals surface area contributed by atoms with Crippen LogP contribution in [0.15, 0.2) is 42.5 Å². The molecule has 0 unspecified atom stereocenters. The average molecular weight is 414 g/mol. The van der Waals surface area contributed by atoms with Crippen LogP contribution in [0.2, 0.25) is 5.02 Å². The van der Waals surface area contributed by atoms with Crippen molar-refractivity contribution in [2.45, 2.75) is 18.8 Å². The number of anilines is 1. The van der Waals surface area contributed by atoms with E-state index < -0.39 is 33.6 Å². The van der Waals surface area contributed by atoms with Crippen molar-refractivity contribution < 1.29 is 27.1 Å². The third-order valence-corrected chi connectivity index (χ3v) is 4.63. The number of sulfone groups is 1. The first-order valence-corrected chi connectivity index (χ1v) is 10.2. The Kier molecular flexibility index (Phi) is 6.56. The van der Waals surface area contributed by atoms with Crippen molar-refractivity contribution in [1.29, 1.82) is 0 Å². The summed E-state index contributed by atoms with van der Waals surface area (Å²) in [5, 5.41) is 2.46. The first-order chi connectivity index (χ1) is 12.5. The molecule has 144 valence electrons. The Hall–Kier alpha value is -2.45. The number of amides is 1. The highest BCUT2D eigenvalue weighted by molar-refractivity contribution is 7.89. The fraction of sp³-hybridized carbons (Fsp3) is 0.222. The summed E-state index contributed by atoms with van der Waals surface area (Å²) in [6.45, 7) is 1.38. The fourth-order valence-electron chi connectivity index (χ4n) is 2.15. The second-order valence-corrected chi connectivity index (χ2v) is 8.48. The van der Waals surface area contributed by atoms with Gasteiger partial charge in [0, 0.05) is 6.26 Å². The lowest BCUT2D eigenvalue weighted by atomic mass is 10.1. The number of esters is 1. The summed E-state index contributed by atoms with van der Waals surface area (Å²) in [7, 11) is -3.18. The number of benzene rings is 2. The maximum atomic E-state index is 13.0. The molecule has 9 heteroatoms. The Bertz CT molecular complexity index is 960. The molecule has 27 heavy (non-hydrogen) atoms. The van der Waals surface area contributed by atoms with Gasteiger partial charge in [-0.15, -0.1) is 0 Å². The standard InChI is InChI=1S/C18H17ClFNO5S/c1-11(17(22)21-16-8-7-14(20)9-15(16)19)26-18(23)13-5-3-12(4-6-13)10-27(2,24)25/h3-9,11H,10H2,1-2H3,(H,21,22)/t11-/m1/s1. The molecule has 6 nitrogen and oxygen atoms in total. The zero-order valence-electron chi connectivity index (χ0n) is 14.5. The summed E-state index contributed by atoms with van der Waals surface area (Å²) < 4.78 is 40.6. The molecule has 0 aliphatic heterocycles. The highest BCUT2D eigenvalue weighted by Gasteiger charge is 2.20. The quantitative estimate of drug-likeness (QED) is 0.734. The van der Waals surface area contributed by atoms with Crippen molar-refractivity contribution >= 4 is 39.0 Å². The van der Waals surface area contributed by atoms with E-state index in [4.69, 9.17) is 16.3 Å². The molecule has 2 rings (SSSR count). The van der Waals surface area contributed by atoms with Crippen LogP contribution in [0.1, 0.15) is 22.8 Å². The number of halogens is 2. The van der Waals surface area contributed by atoms with Gasteiger partial charge in [0.05, 0.1) is 22.0 Å². The van der Waals surface area contributed by atoms with Gasteiger partial charge in [-0.25, -0.2) is 17.6 Å². The monoisotopic (exact) mass is 413 g/mol. The van der Waals surface area contributed by atoms with E-state index in [0.29, 0.717) is 5.56 Å². The molecule has 1 amide bonds. The van der Waals surface area contributed by atoms with Gasteiger partial charge < -0.3 is 10.1 Å². The first-order valence-electron chi connectivity index (χ1n) is 7.79. The molecule has 0 saturated carbocycles. The third kappa shape index (κ3) is 6.33. The van der Waals surface area contributed by atoms with Gasteiger partial charge in [0.15, 0.2) is 15.9 Å². The van der Waals surface area contributed by atoms with Crippen LogP contribution in [0, 0.1) is 5.82 Å². The topological polar surface area (TPSA) is 89.5 Å². The average Bonchev–Trinajstić information content (AvgIpc) is 2.56. The second kappa shape index (κ2) is 8.49. The number of carbonyl (C=O) groups is 2. The Balaban J connectivity index is 1.98. The number of carbonyl (C=O) groups excluding carboxylic acids is 2. The summed E-state index contributed by atoms with van der Waals surface area (Å²) in [6, 6.07) is 9.32. The van der Waals surface area contributed by atoms with Crippen LogP contribution in [-0.2, 0) is 25.1 Å². The van der Waals surface area contributed by atoms with Crippen molar-refractivity contribution in [3.63, 3.8) is 0 Å². The van der Waals surface area contributed by atoms with Crippen LogP contribution < -0.4 is 5.32 Å². The smallest absolute Gasteiger partial charge is 0.338 e. The number of hydrogen-bond donors (Lipinski definition) is 1. The highest BCUT2D eigenvalue weighted by Crippen LogP contribution is 2.22. The summed E-state index contributed by atoms with van der Waals surface area (Å²) in [4.78, 5) is 24.2. The lowest BCUT2D eigenvalue weighted by Gasteiger charge is -2.14. The summed E-state index contributed by atoms with van der Waals surface area (Å²) in [6.07, 6.45) is -0.0163. The van der Waals surface area contributed by atoms with Crippen LogP contribution in [0.4, 0.5) is 10.1 Å². The Morgan fingerprint density at radius 3 is 2.37 bits per heavy atom. The number of nitrogens with one attached hydrogen (secondary N) is 1. The summed E-state index contributed by atoms with van der Waals surface area (Å²) in [5.74, 6) is -2.06. The van der Waals surface area contributed by atoms with Crippen molar-refractivity contribution in [2.24, 2.45) is 0 Å². The van der Waals surface area contributed by atoms with E-state index in [9.17, 15) is 22.4 Å². The molecule has 0 heterocycles. The van der Waals surface area contributed by atoms with E-state index in [1.807, 2.05) is 0 Å². The van der Waals surface area contributed by atoms with Crippen LogP contribution in [0.25, 0.3) is 0 Å². The molecule has 0 spiro atoms. The third-order valence-electron chi connectivity index (χ3n) is 3.46. The minimum Gasteiger partial charge on any atom is -0.449 e. The van der Waals surface area contributed by atoms with Crippen LogP contribution in [-0.4, -0.2) is 32.7 Å². The molecule has 0 saturated heterocycles. The maximum Gasteiger partial charge on any atom is 0.338 e. The maximum absolute atomic E-state index is 13.0. The lowest BCUT2D eigenvalue weighted by Crippen LogP contribution is -2.30. The molecule has 0 aromatic heterocycles. The highest BCUT2D eigenvalue weighted by atomic mass is 35.5. The van der Waals surface area contributed by atoms with Gasteiger partial charge in [-0.3, -0.25) is 4.79 Å². The normalized spacial score (nSPS) is 12.3. The molecule has 2 aromatic carbocycles. The molecule has 0 aliphatic carbocycles. The van der Waals surface area contributed by atoms with Gasteiger partial charge in [-0.1, -0.05) is 23.7 Å². The van der Waals surface area contributed by atoms with E-state index in [0.717, 1.165) is 18.4 Å². The molecular weight excluding hydrogens is 397 g/mol. The molecule has 2 aromatic rings. The molecule has 1 N–H and O–H groups in total. The molecule has 0 radical (unpaired) electrons. The van der Waals surface area contributed by atoms with Crippen molar-refractivity contribution in [3.8, 4) is 0 Å². The SMILES string of the molecule is C[C@@H](OC(=O)c1ccc(CS(C)(=O)=O)cc1)C(=O)Nc1ccc(F)cc1Cl. The predicted octanol–water partition coefficient (Wildman–Crippen LogP) is 3.21. The fourth-order valence-corrected chi connectivity index (χ4v) is 3.16. The number of hydrogen-bond acceptors (Lipinski definition) is 5.